The second-order valence-corrected chi connectivity index (χ2v) is 7.65. The van der Waals surface area contributed by atoms with Gasteiger partial charge in [0.1, 0.15) is 0 Å². The molecule has 4 heteroatoms. The largest absolute Gasteiger partial charge is 0.215 e. The van der Waals surface area contributed by atoms with Gasteiger partial charge in [0.05, 0.1) is 5.25 Å². The summed E-state index contributed by atoms with van der Waals surface area (Å²) in [5.41, 5.74) is 0.269. The Hall–Kier alpha value is -0.0900. The molecule has 0 amide bonds. The Labute approximate surface area is 85.3 Å². The molecule has 0 aromatic rings. The highest BCUT2D eigenvalue weighted by atomic mass is 32.2. The maximum Gasteiger partial charge on any atom is 0.215 e. The summed E-state index contributed by atoms with van der Waals surface area (Å²) in [4.78, 5) is 0. The summed E-state index contributed by atoms with van der Waals surface area (Å²) in [6, 6.07) is 0. The van der Waals surface area contributed by atoms with Crippen LogP contribution in [-0.2, 0) is 10.0 Å². The lowest BCUT2D eigenvalue weighted by Crippen LogP contribution is -2.38. The zero-order valence-electron chi connectivity index (χ0n) is 8.71. The monoisotopic (exact) mass is 215 g/mol. The Balaban J connectivity index is 2.17. The third kappa shape index (κ3) is 0.735. The molecule has 1 spiro atoms. The van der Waals surface area contributed by atoms with Gasteiger partial charge in [0, 0.05) is 12.0 Å². The maximum absolute atomic E-state index is 11.8. The van der Waals surface area contributed by atoms with Gasteiger partial charge in [-0.3, -0.25) is 0 Å². The topological polar surface area (TPSA) is 46.2 Å². The molecule has 1 heterocycles. The molecule has 3 nitrogen and oxygen atoms in total. The van der Waals surface area contributed by atoms with Crippen LogP contribution in [0.1, 0.15) is 33.1 Å². The molecule has 2 aliphatic carbocycles. The number of hydrogen-bond donors (Lipinski definition) is 1. The molecule has 0 unspecified atom stereocenters. The Morgan fingerprint density at radius 2 is 2.07 bits per heavy atom. The van der Waals surface area contributed by atoms with E-state index in [0.717, 1.165) is 12.8 Å². The van der Waals surface area contributed by atoms with Crippen molar-refractivity contribution in [3.05, 3.63) is 0 Å². The van der Waals surface area contributed by atoms with Gasteiger partial charge in [-0.05, 0) is 30.6 Å². The van der Waals surface area contributed by atoms with Crippen molar-refractivity contribution >= 4 is 10.0 Å². The van der Waals surface area contributed by atoms with Gasteiger partial charge >= 0.3 is 0 Å². The first kappa shape index (κ1) is 9.16. The van der Waals surface area contributed by atoms with Crippen molar-refractivity contribution < 1.29 is 8.42 Å². The van der Waals surface area contributed by atoms with E-state index < -0.39 is 10.0 Å². The highest BCUT2D eigenvalue weighted by Gasteiger charge is 2.70. The van der Waals surface area contributed by atoms with Crippen LogP contribution in [-0.4, -0.2) is 20.2 Å². The smallest absolute Gasteiger partial charge is 0.214 e. The normalized spacial score (nSPS) is 52.1. The zero-order chi connectivity index (χ0) is 10.2. The van der Waals surface area contributed by atoms with Crippen LogP contribution in [0.25, 0.3) is 0 Å². The molecule has 1 N–H and O–H groups in total. The zero-order valence-corrected chi connectivity index (χ0v) is 9.52. The molecule has 3 rings (SSSR count). The van der Waals surface area contributed by atoms with Crippen LogP contribution < -0.4 is 4.72 Å². The van der Waals surface area contributed by atoms with Crippen LogP contribution in [0.4, 0.5) is 0 Å². The second-order valence-electron chi connectivity index (χ2n) is 5.70. The minimum atomic E-state index is -2.99. The van der Waals surface area contributed by atoms with E-state index in [1.807, 2.05) is 0 Å². The van der Waals surface area contributed by atoms with Gasteiger partial charge in [-0.2, -0.15) is 0 Å². The molecule has 3 fully saturated rings. The van der Waals surface area contributed by atoms with Gasteiger partial charge in [-0.15, -0.1) is 0 Å². The number of sulfonamides is 1. The third-order valence-corrected chi connectivity index (χ3v) is 7.26. The van der Waals surface area contributed by atoms with Crippen LogP contribution in [0.3, 0.4) is 0 Å². The van der Waals surface area contributed by atoms with E-state index in [-0.39, 0.29) is 16.1 Å². The number of hydrogen-bond acceptors (Lipinski definition) is 2. The molecule has 2 bridgehead atoms. The minimum absolute atomic E-state index is 0.0521. The molecule has 3 atom stereocenters. The van der Waals surface area contributed by atoms with Gasteiger partial charge < -0.3 is 0 Å². The minimum Gasteiger partial charge on any atom is -0.214 e. The van der Waals surface area contributed by atoms with E-state index in [4.69, 9.17) is 0 Å². The van der Waals surface area contributed by atoms with Crippen LogP contribution in [0.5, 0.6) is 0 Å². The van der Waals surface area contributed by atoms with E-state index in [9.17, 15) is 8.42 Å². The molecule has 80 valence electrons. The van der Waals surface area contributed by atoms with Crippen LogP contribution >= 0.6 is 0 Å². The summed E-state index contributed by atoms with van der Waals surface area (Å²) >= 11 is 0. The fraction of sp³-hybridized carbons (Fsp3) is 1.00. The van der Waals surface area contributed by atoms with Crippen LogP contribution in [0.2, 0.25) is 0 Å². The molecule has 3 aliphatic rings. The number of fused-ring (bicyclic) bond motifs is 1. The fourth-order valence-corrected chi connectivity index (χ4v) is 6.42. The Bertz CT molecular complexity index is 387. The summed E-state index contributed by atoms with van der Waals surface area (Å²) in [6.45, 7) is 5.20. The second kappa shape index (κ2) is 2.19. The standard InChI is InChI=1S/C10H17NO2S/c1-9(2)7-3-4-10(9)6-11-14(12,13)8(10)5-7/h7-8,11H,3-6H2,1-2H3/t7-,8-,10+/m0/s1. The van der Waals surface area contributed by atoms with E-state index in [1.54, 1.807) is 0 Å². The lowest BCUT2D eigenvalue weighted by molar-refractivity contribution is 0.146. The number of rotatable bonds is 0. The SMILES string of the molecule is CC1(C)[C@H]2CC[C@]13CNS(=O)(=O)[C@H]3C2. The third-order valence-electron chi connectivity index (χ3n) is 5.32. The van der Waals surface area contributed by atoms with Crippen molar-refractivity contribution in [1.82, 2.24) is 4.72 Å². The van der Waals surface area contributed by atoms with Gasteiger partial charge in [-0.25, -0.2) is 13.1 Å². The summed E-state index contributed by atoms with van der Waals surface area (Å²) in [7, 11) is -2.99. The Morgan fingerprint density at radius 3 is 2.64 bits per heavy atom. The highest BCUT2D eigenvalue weighted by molar-refractivity contribution is 7.90. The van der Waals surface area contributed by atoms with Crippen molar-refractivity contribution in [3.8, 4) is 0 Å². The van der Waals surface area contributed by atoms with Crippen molar-refractivity contribution in [2.75, 3.05) is 6.54 Å². The Morgan fingerprint density at radius 1 is 1.36 bits per heavy atom. The van der Waals surface area contributed by atoms with E-state index >= 15 is 0 Å². The summed E-state index contributed by atoms with van der Waals surface area (Å²) < 4.78 is 26.4. The highest BCUT2D eigenvalue weighted by Crippen LogP contribution is 2.68. The fourth-order valence-electron chi connectivity index (χ4n) is 4.18. The first-order valence-electron chi connectivity index (χ1n) is 5.39. The van der Waals surface area contributed by atoms with E-state index in [0.29, 0.717) is 12.5 Å². The average Bonchev–Trinajstić information content (AvgIpc) is 2.60. The maximum atomic E-state index is 11.8. The average molecular weight is 215 g/mol. The molecule has 14 heavy (non-hydrogen) atoms. The lowest BCUT2D eigenvalue weighted by Gasteiger charge is -2.36. The first-order chi connectivity index (χ1) is 6.40. The molecular weight excluding hydrogens is 198 g/mol. The van der Waals surface area contributed by atoms with Gasteiger partial charge in [-0.1, -0.05) is 13.8 Å². The van der Waals surface area contributed by atoms with E-state index in [2.05, 4.69) is 18.6 Å². The van der Waals surface area contributed by atoms with Crippen molar-refractivity contribution in [1.29, 1.82) is 0 Å². The first-order valence-corrected chi connectivity index (χ1v) is 6.93. The quantitative estimate of drug-likeness (QED) is 0.658. The molecule has 1 aliphatic heterocycles. The molecule has 2 saturated carbocycles. The van der Waals surface area contributed by atoms with Crippen molar-refractivity contribution in [3.63, 3.8) is 0 Å². The molecule has 0 aromatic heterocycles. The lowest BCUT2D eigenvalue weighted by atomic mass is 9.69. The summed E-state index contributed by atoms with van der Waals surface area (Å²) in [5, 5.41) is -0.0938. The van der Waals surface area contributed by atoms with Crippen molar-refractivity contribution in [2.24, 2.45) is 16.7 Å². The van der Waals surface area contributed by atoms with Gasteiger partial charge in [0.25, 0.3) is 0 Å². The molecular formula is C10H17NO2S. The van der Waals surface area contributed by atoms with Gasteiger partial charge in [0.2, 0.25) is 10.0 Å². The summed E-state index contributed by atoms with van der Waals surface area (Å²) in [6.07, 6.45) is 3.21. The number of nitrogens with one attached hydrogen (secondary N) is 1. The van der Waals surface area contributed by atoms with Gasteiger partial charge in [0.15, 0.2) is 0 Å². The molecule has 1 saturated heterocycles. The van der Waals surface area contributed by atoms with E-state index in [1.165, 1.54) is 6.42 Å². The molecule has 0 aromatic carbocycles. The summed E-state index contributed by atoms with van der Waals surface area (Å²) in [5.74, 6) is 0.629. The predicted octanol–water partition coefficient (Wildman–Crippen LogP) is 1.11. The van der Waals surface area contributed by atoms with Crippen molar-refractivity contribution in [2.45, 2.75) is 38.4 Å². The Kier molecular flexibility index (Phi) is 1.43. The van der Waals surface area contributed by atoms with Crippen LogP contribution in [0, 0.1) is 16.7 Å². The predicted molar refractivity (Wildman–Crippen MR) is 54.3 cm³/mol. The molecule has 0 radical (unpaired) electrons. The van der Waals surface area contributed by atoms with Crippen LogP contribution in [0.15, 0.2) is 0 Å².